The molecular formula is C18H38IN7O2S. The van der Waals surface area contributed by atoms with Crippen LogP contribution in [0.2, 0.25) is 0 Å². The number of hydrogen-bond acceptors (Lipinski definition) is 5. The number of rotatable bonds is 14. The van der Waals surface area contributed by atoms with E-state index in [1.807, 2.05) is 4.57 Å². The van der Waals surface area contributed by atoms with E-state index in [9.17, 15) is 8.42 Å². The van der Waals surface area contributed by atoms with Crippen molar-refractivity contribution in [2.24, 2.45) is 10.9 Å². The van der Waals surface area contributed by atoms with Crippen molar-refractivity contribution < 1.29 is 8.42 Å². The van der Waals surface area contributed by atoms with Gasteiger partial charge in [0.05, 0.1) is 6.26 Å². The van der Waals surface area contributed by atoms with Gasteiger partial charge in [0.15, 0.2) is 5.96 Å². The van der Waals surface area contributed by atoms with E-state index in [1.165, 1.54) is 19.3 Å². The Labute approximate surface area is 193 Å². The third-order valence-corrected chi connectivity index (χ3v) is 5.22. The van der Waals surface area contributed by atoms with Crippen LogP contribution in [0.1, 0.15) is 52.3 Å². The van der Waals surface area contributed by atoms with Gasteiger partial charge in [0.25, 0.3) is 0 Å². The standard InChI is InChI=1S/C18H37N7O2S.HI/c1-5-8-9-16(6-2)14-21-18(19-10-11-23-28(4,26)27)20-12-13-25-15-22-24-17(25)7-3;/h15-16,23H,5-14H2,1-4H3,(H2,19,20,21);1H. The minimum atomic E-state index is -3.18. The van der Waals surface area contributed by atoms with Gasteiger partial charge in [0.1, 0.15) is 12.2 Å². The molecule has 1 heterocycles. The molecule has 1 unspecified atom stereocenters. The number of aryl methyl sites for hydroxylation is 1. The highest BCUT2D eigenvalue weighted by molar-refractivity contribution is 14.0. The summed E-state index contributed by atoms with van der Waals surface area (Å²) in [6.07, 6.45) is 8.43. The average Bonchev–Trinajstić information content (AvgIpc) is 3.11. The van der Waals surface area contributed by atoms with Crippen LogP contribution in [0.25, 0.3) is 0 Å². The Morgan fingerprint density at radius 3 is 2.55 bits per heavy atom. The maximum atomic E-state index is 11.2. The molecule has 0 saturated carbocycles. The Morgan fingerprint density at radius 1 is 1.21 bits per heavy atom. The molecule has 170 valence electrons. The van der Waals surface area contributed by atoms with Crippen molar-refractivity contribution in [3.05, 3.63) is 12.2 Å². The van der Waals surface area contributed by atoms with Gasteiger partial charge in [-0.1, -0.05) is 40.0 Å². The number of unbranched alkanes of at least 4 members (excludes halogenated alkanes) is 1. The van der Waals surface area contributed by atoms with Crippen LogP contribution in [0.15, 0.2) is 11.3 Å². The number of sulfonamides is 1. The summed E-state index contributed by atoms with van der Waals surface area (Å²) < 4.78 is 26.9. The Kier molecular flexibility index (Phi) is 15.3. The van der Waals surface area contributed by atoms with Gasteiger partial charge in [-0.25, -0.2) is 13.1 Å². The van der Waals surface area contributed by atoms with Crippen molar-refractivity contribution in [1.82, 2.24) is 30.1 Å². The summed E-state index contributed by atoms with van der Waals surface area (Å²) in [5, 5.41) is 14.6. The number of nitrogens with one attached hydrogen (secondary N) is 3. The maximum absolute atomic E-state index is 11.2. The van der Waals surface area contributed by atoms with Crippen molar-refractivity contribution in [3.8, 4) is 0 Å². The predicted molar refractivity (Wildman–Crippen MR) is 129 cm³/mol. The summed E-state index contributed by atoms with van der Waals surface area (Å²) in [6.45, 7) is 9.43. The second-order valence-electron chi connectivity index (χ2n) is 6.92. The molecule has 1 aromatic rings. The third-order valence-electron chi connectivity index (χ3n) is 4.49. The highest BCUT2D eigenvalue weighted by Crippen LogP contribution is 2.12. The van der Waals surface area contributed by atoms with E-state index < -0.39 is 10.0 Å². The Morgan fingerprint density at radius 2 is 1.93 bits per heavy atom. The summed E-state index contributed by atoms with van der Waals surface area (Å²) in [7, 11) is -3.18. The summed E-state index contributed by atoms with van der Waals surface area (Å²) in [5.74, 6) is 2.23. The summed E-state index contributed by atoms with van der Waals surface area (Å²) >= 11 is 0. The first-order chi connectivity index (χ1) is 13.4. The lowest BCUT2D eigenvalue weighted by Crippen LogP contribution is -2.42. The Balaban J connectivity index is 0.00000784. The molecule has 0 radical (unpaired) electrons. The van der Waals surface area contributed by atoms with E-state index >= 15 is 0 Å². The maximum Gasteiger partial charge on any atom is 0.208 e. The van der Waals surface area contributed by atoms with Crippen LogP contribution < -0.4 is 15.4 Å². The largest absolute Gasteiger partial charge is 0.355 e. The molecule has 0 aliphatic carbocycles. The highest BCUT2D eigenvalue weighted by Gasteiger charge is 2.07. The SMILES string of the molecule is CCCCC(CC)CN=C(NCCNS(C)(=O)=O)NCCn1cnnc1CC.I. The zero-order valence-electron chi connectivity index (χ0n) is 18.1. The number of halogens is 1. The van der Waals surface area contributed by atoms with E-state index in [-0.39, 0.29) is 24.0 Å². The molecular weight excluding hydrogens is 505 g/mol. The molecule has 0 fully saturated rings. The van der Waals surface area contributed by atoms with E-state index in [1.54, 1.807) is 6.33 Å². The molecule has 0 saturated heterocycles. The molecule has 0 aliphatic heterocycles. The fraction of sp³-hybridized carbons (Fsp3) is 0.833. The average molecular weight is 544 g/mol. The summed E-state index contributed by atoms with van der Waals surface area (Å²) in [5.41, 5.74) is 0. The van der Waals surface area contributed by atoms with E-state index in [0.717, 1.165) is 38.0 Å². The van der Waals surface area contributed by atoms with E-state index in [2.05, 4.69) is 46.3 Å². The van der Waals surface area contributed by atoms with Gasteiger partial charge >= 0.3 is 0 Å². The van der Waals surface area contributed by atoms with Crippen LogP contribution in [0, 0.1) is 5.92 Å². The quantitative estimate of drug-likeness (QED) is 0.143. The van der Waals surface area contributed by atoms with Crippen LogP contribution in [0.3, 0.4) is 0 Å². The topological polar surface area (TPSA) is 113 Å². The number of aliphatic imine (C=N–C) groups is 1. The number of hydrogen-bond donors (Lipinski definition) is 3. The van der Waals surface area contributed by atoms with E-state index in [4.69, 9.17) is 4.99 Å². The molecule has 3 N–H and O–H groups in total. The molecule has 29 heavy (non-hydrogen) atoms. The van der Waals surface area contributed by atoms with Gasteiger partial charge in [0.2, 0.25) is 10.0 Å². The summed E-state index contributed by atoms with van der Waals surface area (Å²) in [4.78, 5) is 4.72. The number of nitrogens with zero attached hydrogens (tertiary/aromatic N) is 4. The molecule has 0 spiro atoms. The molecule has 0 amide bonds. The Bertz CT molecular complexity index is 680. The summed E-state index contributed by atoms with van der Waals surface area (Å²) in [6, 6.07) is 0. The van der Waals surface area contributed by atoms with Crippen molar-refractivity contribution in [3.63, 3.8) is 0 Å². The molecule has 11 heteroatoms. The molecule has 0 bridgehead atoms. The number of aromatic nitrogens is 3. The van der Waals surface area contributed by atoms with Crippen LogP contribution in [0.5, 0.6) is 0 Å². The molecule has 9 nitrogen and oxygen atoms in total. The fourth-order valence-corrected chi connectivity index (χ4v) is 3.24. The zero-order valence-corrected chi connectivity index (χ0v) is 21.3. The van der Waals surface area contributed by atoms with Crippen LogP contribution in [0.4, 0.5) is 0 Å². The zero-order chi connectivity index (χ0) is 20.8. The van der Waals surface area contributed by atoms with Crippen molar-refractivity contribution >= 4 is 40.0 Å². The first-order valence-electron chi connectivity index (χ1n) is 10.2. The van der Waals surface area contributed by atoms with Crippen molar-refractivity contribution in [1.29, 1.82) is 0 Å². The molecule has 0 aromatic carbocycles. The van der Waals surface area contributed by atoms with Gasteiger partial charge in [-0.3, -0.25) is 4.99 Å². The van der Waals surface area contributed by atoms with Gasteiger partial charge in [0, 0.05) is 39.1 Å². The molecule has 1 atom stereocenters. The van der Waals surface area contributed by atoms with Crippen molar-refractivity contribution in [2.45, 2.75) is 59.4 Å². The predicted octanol–water partition coefficient (Wildman–Crippen LogP) is 1.76. The highest BCUT2D eigenvalue weighted by atomic mass is 127. The minimum absolute atomic E-state index is 0. The Hall–Kier alpha value is -0.950. The monoisotopic (exact) mass is 543 g/mol. The lowest BCUT2D eigenvalue weighted by molar-refractivity contribution is 0.461. The fourth-order valence-electron chi connectivity index (χ4n) is 2.76. The lowest BCUT2D eigenvalue weighted by Gasteiger charge is -2.16. The lowest BCUT2D eigenvalue weighted by atomic mass is 10.00. The second kappa shape index (κ2) is 15.8. The second-order valence-corrected chi connectivity index (χ2v) is 8.75. The van der Waals surface area contributed by atoms with Gasteiger partial charge in [-0.15, -0.1) is 34.2 Å². The van der Waals surface area contributed by atoms with Crippen LogP contribution >= 0.6 is 24.0 Å². The number of guanidine groups is 1. The first kappa shape index (κ1) is 28.1. The van der Waals surface area contributed by atoms with Crippen LogP contribution in [-0.4, -0.2) is 61.6 Å². The van der Waals surface area contributed by atoms with Gasteiger partial charge in [-0.05, 0) is 12.3 Å². The van der Waals surface area contributed by atoms with Gasteiger partial charge < -0.3 is 15.2 Å². The van der Waals surface area contributed by atoms with Crippen LogP contribution in [-0.2, 0) is 23.0 Å². The van der Waals surface area contributed by atoms with Gasteiger partial charge in [-0.2, -0.15) is 0 Å². The van der Waals surface area contributed by atoms with Crippen molar-refractivity contribution in [2.75, 3.05) is 32.4 Å². The smallest absolute Gasteiger partial charge is 0.208 e. The first-order valence-corrected chi connectivity index (χ1v) is 12.1. The van der Waals surface area contributed by atoms with E-state index in [0.29, 0.717) is 31.5 Å². The molecule has 1 aromatic heterocycles. The molecule has 1 rings (SSSR count). The molecule has 0 aliphatic rings. The normalized spacial score (nSPS) is 13.0. The third kappa shape index (κ3) is 13.1. The minimum Gasteiger partial charge on any atom is -0.355 e.